The number of rotatable bonds is 6. The molecule has 4 N–H and O–H groups in total. The number of nitrogens with one attached hydrogen (secondary N) is 2. The molecule has 6 heteroatoms. The SMILES string of the molecule is Nc1cc(Cl)cnc1NCCCC(=O)NC1CC1. The van der Waals surface area contributed by atoms with Gasteiger partial charge in [-0.15, -0.1) is 0 Å². The lowest BCUT2D eigenvalue weighted by Gasteiger charge is -2.08. The van der Waals surface area contributed by atoms with Crippen molar-refractivity contribution in [3.05, 3.63) is 17.3 Å². The highest BCUT2D eigenvalue weighted by Crippen LogP contribution is 2.20. The summed E-state index contributed by atoms with van der Waals surface area (Å²) in [5.74, 6) is 0.735. The largest absolute Gasteiger partial charge is 0.396 e. The number of pyridine rings is 1. The predicted molar refractivity (Wildman–Crippen MR) is 72.5 cm³/mol. The molecule has 1 aromatic heterocycles. The van der Waals surface area contributed by atoms with Gasteiger partial charge in [-0.25, -0.2) is 4.98 Å². The molecule has 1 heterocycles. The number of carbonyl (C=O) groups excluding carboxylic acids is 1. The summed E-state index contributed by atoms with van der Waals surface area (Å²) in [5, 5.41) is 6.55. The third-order valence-corrected chi connectivity index (χ3v) is 2.91. The van der Waals surface area contributed by atoms with Crippen LogP contribution in [0.2, 0.25) is 5.02 Å². The molecule has 18 heavy (non-hydrogen) atoms. The van der Waals surface area contributed by atoms with Crippen LogP contribution in [0.25, 0.3) is 0 Å². The molecule has 0 radical (unpaired) electrons. The van der Waals surface area contributed by atoms with E-state index < -0.39 is 0 Å². The first-order chi connectivity index (χ1) is 8.65. The molecule has 0 unspecified atom stereocenters. The number of carbonyl (C=O) groups is 1. The molecule has 1 fully saturated rings. The highest BCUT2D eigenvalue weighted by molar-refractivity contribution is 6.30. The van der Waals surface area contributed by atoms with Crippen LogP contribution < -0.4 is 16.4 Å². The van der Waals surface area contributed by atoms with E-state index in [1.807, 2.05) is 0 Å². The van der Waals surface area contributed by atoms with E-state index in [1.54, 1.807) is 12.3 Å². The summed E-state index contributed by atoms with van der Waals surface area (Å²) in [6, 6.07) is 2.08. The average Bonchev–Trinajstić information content (AvgIpc) is 3.10. The fourth-order valence-electron chi connectivity index (χ4n) is 1.59. The minimum Gasteiger partial charge on any atom is -0.396 e. The van der Waals surface area contributed by atoms with Crippen molar-refractivity contribution in [3.8, 4) is 0 Å². The van der Waals surface area contributed by atoms with Crippen LogP contribution in [0.1, 0.15) is 25.7 Å². The first kappa shape index (κ1) is 13.0. The predicted octanol–water partition coefficient (Wildman–Crippen LogP) is 1.79. The van der Waals surface area contributed by atoms with E-state index in [0.717, 1.165) is 19.3 Å². The Morgan fingerprint density at radius 1 is 1.56 bits per heavy atom. The maximum absolute atomic E-state index is 11.4. The Morgan fingerprint density at radius 3 is 3.00 bits per heavy atom. The van der Waals surface area contributed by atoms with Crippen molar-refractivity contribution in [1.82, 2.24) is 10.3 Å². The number of nitrogen functional groups attached to an aromatic ring is 1. The van der Waals surface area contributed by atoms with Gasteiger partial charge in [0.05, 0.1) is 10.7 Å². The summed E-state index contributed by atoms with van der Waals surface area (Å²) in [7, 11) is 0. The molecule has 0 saturated heterocycles. The molecule has 2 rings (SSSR count). The van der Waals surface area contributed by atoms with Crippen LogP contribution in [0.5, 0.6) is 0 Å². The molecule has 1 amide bonds. The van der Waals surface area contributed by atoms with Gasteiger partial charge in [0, 0.05) is 25.2 Å². The molecule has 0 aromatic carbocycles. The Labute approximate surface area is 111 Å². The molecule has 5 nitrogen and oxygen atoms in total. The third-order valence-electron chi connectivity index (χ3n) is 2.70. The fraction of sp³-hybridized carbons (Fsp3) is 0.500. The van der Waals surface area contributed by atoms with Crippen LogP contribution in [0.4, 0.5) is 11.5 Å². The molecule has 98 valence electrons. The Morgan fingerprint density at radius 2 is 2.33 bits per heavy atom. The Balaban J connectivity index is 1.66. The van der Waals surface area contributed by atoms with Crippen molar-refractivity contribution < 1.29 is 4.79 Å². The van der Waals surface area contributed by atoms with Crippen molar-refractivity contribution in [1.29, 1.82) is 0 Å². The van der Waals surface area contributed by atoms with Gasteiger partial charge in [-0.3, -0.25) is 4.79 Å². The van der Waals surface area contributed by atoms with Crippen LogP contribution in [0.3, 0.4) is 0 Å². The van der Waals surface area contributed by atoms with Crippen molar-refractivity contribution >= 4 is 29.0 Å². The fourth-order valence-corrected chi connectivity index (χ4v) is 1.75. The van der Waals surface area contributed by atoms with E-state index in [1.165, 1.54) is 0 Å². The van der Waals surface area contributed by atoms with Gasteiger partial charge in [0.25, 0.3) is 0 Å². The van der Waals surface area contributed by atoms with E-state index in [4.69, 9.17) is 17.3 Å². The number of hydrogen-bond acceptors (Lipinski definition) is 4. The lowest BCUT2D eigenvalue weighted by molar-refractivity contribution is -0.121. The van der Waals surface area contributed by atoms with Crippen LogP contribution in [0, 0.1) is 0 Å². The number of nitrogens with zero attached hydrogens (tertiary/aromatic N) is 1. The lowest BCUT2D eigenvalue weighted by Crippen LogP contribution is -2.25. The summed E-state index contributed by atoms with van der Waals surface area (Å²) in [6.45, 7) is 0.664. The Bertz CT molecular complexity index is 434. The summed E-state index contributed by atoms with van der Waals surface area (Å²) in [6.07, 6.45) is 5.06. The molecular formula is C12H17ClN4O. The molecule has 1 saturated carbocycles. The second kappa shape index (κ2) is 5.91. The van der Waals surface area contributed by atoms with Crippen LogP contribution in [0.15, 0.2) is 12.3 Å². The Kier molecular flexibility index (Phi) is 4.25. The lowest BCUT2D eigenvalue weighted by atomic mass is 10.3. The van der Waals surface area contributed by atoms with Crippen molar-refractivity contribution in [2.45, 2.75) is 31.7 Å². The molecule has 1 aromatic rings. The highest BCUT2D eigenvalue weighted by atomic mass is 35.5. The molecular weight excluding hydrogens is 252 g/mol. The number of nitrogens with two attached hydrogens (primary N) is 1. The summed E-state index contributed by atoms with van der Waals surface area (Å²) >= 11 is 5.75. The molecule has 0 spiro atoms. The summed E-state index contributed by atoms with van der Waals surface area (Å²) in [4.78, 5) is 15.5. The zero-order valence-electron chi connectivity index (χ0n) is 10.1. The van der Waals surface area contributed by atoms with Gasteiger partial charge in [0.1, 0.15) is 5.82 Å². The number of aromatic nitrogens is 1. The maximum Gasteiger partial charge on any atom is 0.220 e. The van der Waals surface area contributed by atoms with Crippen molar-refractivity contribution in [3.63, 3.8) is 0 Å². The standard InChI is InChI=1S/C12H17ClN4O/c13-8-6-10(14)12(16-7-8)15-5-1-2-11(18)17-9-3-4-9/h6-7,9H,1-5,14H2,(H,15,16)(H,17,18). The monoisotopic (exact) mass is 268 g/mol. The van der Waals surface area contributed by atoms with E-state index in [9.17, 15) is 4.79 Å². The van der Waals surface area contributed by atoms with Crippen molar-refractivity contribution in [2.24, 2.45) is 0 Å². The number of amides is 1. The average molecular weight is 269 g/mol. The zero-order valence-corrected chi connectivity index (χ0v) is 10.8. The highest BCUT2D eigenvalue weighted by Gasteiger charge is 2.22. The first-order valence-electron chi connectivity index (χ1n) is 6.09. The normalized spacial score (nSPS) is 14.3. The van der Waals surface area contributed by atoms with Crippen LogP contribution >= 0.6 is 11.6 Å². The van der Waals surface area contributed by atoms with Crippen LogP contribution in [-0.2, 0) is 4.79 Å². The second-order valence-electron chi connectivity index (χ2n) is 4.46. The maximum atomic E-state index is 11.4. The third kappa shape index (κ3) is 4.07. The topological polar surface area (TPSA) is 80.0 Å². The van der Waals surface area contributed by atoms with E-state index in [0.29, 0.717) is 35.5 Å². The van der Waals surface area contributed by atoms with Gasteiger partial charge in [-0.05, 0) is 25.3 Å². The van der Waals surface area contributed by atoms with Crippen molar-refractivity contribution in [2.75, 3.05) is 17.6 Å². The number of halogens is 1. The zero-order chi connectivity index (χ0) is 13.0. The number of anilines is 2. The first-order valence-corrected chi connectivity index (χ1v) is 6.47. The quantitative estimate of drug-likeness (QED) is 0.687. The second-order valence-corrected chi connectivity index (χ2v) is 4.90. The van der Waals surface area contributed by atoms with Gasteiger partial charge in [0.15, 0.2) is 0 Å². The Hall–Kier alpha value is -1.49. The summed E-state index contributed by atoms with van der Waals surface area (Å²) < 4.78 is 0. The minimum absolute atomic E-state index is 0.122. The van der Waals surface area contributed by atoms with Crippen LogP contribution in [-0.4, -0.2) is 23.5 Å². The molecule has 1 aliphatic rings. The van der Waals surface area contributed by atoms with Gasteiger partial charge < -0.3 is 16.4 Å². The summed E-state index contributed by atoms with van der Waals surface area (Å²) in [5.41, 5.74) is 6.27. The minimum atomic E-state index is 0.122. The van der Waals surface area contributed by atoms with Gasteiger partial charge in [-0.2, -0.15) is 0 Å². The van der Waals surface area contributed by atoms with Gasteiger partial charge in [0.2, 0.25) is 5.91 Å². The van der Waals surface area contributed by atoms with Gasteiger partial charge in [-0.1, -0.05) is 11.6 Å². The molecule has 0 bridgehead atoms. The number of hydrogen-bond donors (Lipinski definition) is 3. The van der Waals surface area contributed by atoms with E-state index >= 15 is 0 Å². The smallest absolute Gasteiger partial charge is 0.220 e. The van der Waals surface area contributed by atoms with Gasteiger partial charge >= 0.3 is 0 Å². The molecule has 0 aliphatic heterocycles. The molecule has 0 atom stereocenters. The van der Waals surface area contributed by atoms with E-state index in [-0.39, 0.29) is 5.91 Å². The molecule has 1 aliphatic carbocycles. The van der Waals surface area contributed by atoms with E-state index in [2.05, 4.69) is 15.6 Å².